The number of hydrogen-bond acceptors (Lipinski definition) is 4. The van der Waals surface area contributed by atoms with Crippen LogP contribution in [0.15, 0.2) is 29.1 Å². The number of aromatic nitrogens is 2. The molecule has 0 atom stereocenters. The first-order chi connectivity index (χ1) is 19.5. The van der Waals surface area contributed by atoms with E-state index in [0.717, 1.165) is 6.42 Å². The molecule has 0 saturated heterocycles. The predicted octanol–water partition coefficient (Wildman–Crippen LogP) is 6.44. The summed E-state index contributed by atoms with van der Waals surface area (Å²) in [6.07, 6.45) is 9.16. The van der Waals surface area contributed by atoms with Gasteiger partial charge in [-0.2, -0.15) is 0 Å². The second-order valence-electron chi connectivity index (χ2n) is 12.1. The van der Waals surface area contributed by atoms with Crippen molar-refractivity contribution in [2.24, 2.45) is 0 Å². The number of benzene rings is 2. The minimum Gasteiger partial charge on any atom is -0.351 e. The maximum atomic E-state index is 13.9. The lowest BCUT2D eigenvalue weighted by molar-refractivity contribution is 0.0681. The van der Waals surface area contributed by atoms with E-state index in [0.29, 0.717) is 46.8 Å². The standard InChI is InChI=1S/C34H39ClN4O2/c1-8-16-39-32(41)28-18-38(31(40)24-12-14-25(35)15-13-24)19-34(6,7)30(28)37-33(39)36-17-27-22(5)29(23-10-11-23)21(4)20(3)26(27)9-2/h1,12-15,23H,9-11,16-19H2,2-7H3,(H,36,37). The fraction of sp³-hybridized carbons (Fsp3) is 0.441. The van der Waals surface area contributed by atoms with E-state index in [1.807, 2.05) is 13.8 Å². The first-order valence-electron chi connectivity index (χ1n) is 14.5. The third-order valence-electron chi connectivity index (χ3n) is 8.87. The van der Waals surface area contributed by atoms with Crippen LogP contribution in [-0.4, -0.2) is 26.9 Å². The van der Waals surface area contributed by atoms with E-state index < -0.39 is 5.41 Å². The highest BCUT2D eigenvalue weighted by Gasteiger charge is 2.38. The molecule has 1 fully saturated rings. The lowest BCUT2D eigenvalue weighted by Gasteiger charge is -2.39. The quantitative estimate of drug-likeness (QED) is 0.332. The van der Waals surface area contributed by atoms with Gasteiger partial charge in [0.05, 0.1) is 24.3 Å². The molecule has 3 aromatic rings. The van der Waals surface area contributed by atoms with Crippen LogP contribution in [0.3, 0.4) is 0 Å². The molecule has 0 radical (unpaired) electrons. The second-order valence-corrected chi connectivity index (χ2v) is 12.6. The van der Waals surface area contributed by atoms with Crippen molar-refractivity contribution in [3.63, 3.8) is 0 Å². The van der Waals surface area contributed by atoms with Crippen LogP contribution in [0.2, 0.25) is 5.02 Å². The van der Waals surface area contributed by atoms with Gasteiger partial charge in [-0.05, 0) is 104 Å². The number of rotatable bonds is 7. The number of carbonyl (C=O) groups excluding carboxylic acids is 1. The molecule has 2 aromatic carbocycles. The van der Waals surface area contributed by atoms with Crippen molar-refractivity contribution in [1.29, 1.82) is 0 Å². The third-order valence-corrected chi connectivity index (χ3v) is 9.12. The molecule has 0 bridgehead atoms. The zero-order valence-electron chi connectivity index (χ0n) is 24.9. The van der Waals surface area contributed by atoms with Crippen LogP contribution in [0.1, 0.15) is 94.5 Å². The Morgan fingerprint density at radius 1 is 1.12 bits per heavy atom. The van der Waals surface area contributed by atoms with Crippen LogP contribution in [0, 0.1) is 33.1 Å². The normalized spacial score (nSPS) is 15.8. The van der Waals surface area contributed by atoms with Gasteiger partial charge >= 0.3 is 0 Å². The fourth-order valence-electron chi connectivity index (χ4n) is 6.58. The molecule has 214 valence electrons. The molecule has 1 amide bonds. The molecule has 41 heavy (non-hydrogen) atoms. The van der Waals surface area contributed by atoms with Gasteiger partial charge in [0, 0.05) is 29.1 Å². The van der Waals surface area contributed by atoms with Gasteiger partial charge in [0.1, 0.15) is 0 Å². The molecule has 6 nitrogen and oxygen atoms in total. The van der Waals surface area contributed by atoms with Gasteiger partial charge in [0.15, 0.2) is 0 Å². The monoisotopic (exact) mass is 570 g/mol. The fourth-order valence-corrected chi connectivity index (χ4v) is 6.71. The summed E-state index contributed by atoms with van der Waals surface area (Å²) in [4.78, 5) is 34.1. The largest absolute Gasteiger partial charge is 0.351 e. The Labute approximate surface area is 248 Å². The van der Waals surface area contributed by atoms with Crippen LogP contribution < -0.4 is 10.9 Å². The van der Waals surface area contributed by atoms with E-state index in [2.05, 4.69) is 38.9 Å². The molecule has 1 aromatic heterocycles. The Morgan fingerprint density at radius 2 is 1.80 bits per heavy atom. The van der Waals surface area contributed by atoms with Crippen molar-refractivity contribution in [1.82, 2.24) is 14.5 Å². The van der Waals surface area contributed by atoms with Gasteiger partial charge in [-0.25, -0.2) is 4.98 Å². The minimum atomic E-state index is -0.537. The molecule has 1 saturated carbocycles. The van der Waals surface area contributed by atoms with Crippen molar-refractivity contribution >= 4 is 23.5 Å². The van der Waals surface area contributed by atoms with Gasteiger partial charge in [-0.15, -0.1) is 6.42 Å². The van der Waals surface area contributed by atoms with Gasteiger partial charge in [0.25, 0.3) is 11.5 Å². The van der Waals surface area contributed by atoms with Crippen LogP contribution in [-0.2, 0) is 31.5 Å². The average Bonchev–Trinajstić information content (AvgIpc) is 3.77. The highest BCUT2D eigenvalue weighted by atomic mass is 35.5. The Morgan fingerprint density at radius 3 is 2.41 bits per heavy atom. The molecule has 7 heteroatoms. The van der Waals surface area contributed by atoms with Crippen molar-refractivity contribution in [3.05, 3.63) is 89.8 Å². The van der Waals surface area contributed by atoms with Gasteiger partial charge < -0.3 is 10.2 Å². The van der Waals surface area contributed by atoms with E-state index in [1.165, 1.54) is 50.8 Å². The van der Waals surface area contributed by atoms with Crippen LogP contribution in [0.25, 0.3) is 0 Å². The number of fused-ring (bicyclic) bond motifs is 1. The Kier molecular flexibility index (Phi) is 7.78. The van der Waals surface area contributed by atoms with E-state index in [-0.39, 0.29) is 24.6 Å². The average molecular weight is 571 g/mol. The van der Waals surface area contributed by atoms with E-state index in [4.69, 9.17) is 23.0 Å². The summed E-state index contributed by atoms with van der Waals surface area (Å²) >= 11 is 6.03. The zero-order valence-corrected chi connectivity index (χ0v) is 25.7. The molecular weight excluding hydrogens is 532 g/mol. The third kappa shape index (κ3) is 5.28. The summed E-state index contributed by atoms with van der Waals surface area (Å²) in [5.74, 6) is 3.61. The summed E-state index contributed by atoms with van der Waals surface area (Å²) in [5, 5.41) is 4.09. The molecule has 2 heterocycles. The van der Waals surface area contributed by atoms with Crippen LogP contribution in [0.5, 0.6) is 0 Å². The van der Waals surface area contributed by atoms with Gasteiger partial charge in [0.2, 0.25) is 5.95 Å². The van der Waals surface area contributed by atoms with Gasteiger partial charge in [-0.1, -0.05) is 38.3 Å². The van der Waals surface area contributed by atoms with Crippen molar-refractivity contribution in [3.8, 4) is 12.3 Å². The molecule has 1 aliphatic carbocycles. The Bertz CT molecular complexity index is 1620. The minimum absolute atomic E-state index is 0.0902. The smallest absolute Gasteiger partial charge is 0.261 e. The summed E-state index contributed by atoms with van der Waals surface area (Å²) in [7, 11) is 0. The van der Waals surface area contributed by atoms with Crippen LogP contribution >= 0.6 is 11.6 Å². The summed E-state index contributed by atoms with van der Waals surface area (Å²) in [5.41, 5.74) is 9.28. The van der Waals surface area contributed by atoms with Gasteiger partial charge in [-0.3, -0.25) is 14.2 Å². The van der Waals surface area contributed by atoms with E-state index in [9.17, 15) is 9.59 Å². The zero-order chi connectivity index (χ0) is 29.6. The van der Waals surface area contributed by atoms with Crippen LogP contribution in [0.4, 0.5) is 5.95 Å². The number of amides is 1. The number of nitrogens with one attached hydrogen (secondary N) is 1. The molecule has 2 aliphatic rings. The molecule has 1 aliphatic heterocycles. The SMILES string of the molecule is C#CCn1c(NCc2c(C)c(C3CC3)c(C)c(C)c2CC)nc2c(c1=O)CN(C(=O)c1ccc(Cl)cc1)CC2(C)C. The molecule has 5 rings (SSSR count). The van der Waals surface area contributed by atoms with Crippen molar-refractivity contribution in [2.45, 2.75) is 91.8 Å². The first-order valence-corrected chi connectivity index (χ1v) is 14.8. The maximum Gasteiger partial charge on any atom is 0.261 e. The number of anilines is 1. The van der Waals surface area contributed by atoms with E-state index >= 15 is 0 Å². The molecule has 1 N–H and O–H groups in total. The topological polar surface area (TPSA) is 67.2 Å². The van der Waals surface area contributed by atoms with E-state index in [1.54, 1.807) is 29.2 Å². The Hall–Kier alpha value is -3.56. The lowest BCUT2D eigenvalue weighted by atomic mass is 9.82. The molecular formula is C34H39ClN4O2. The second kappa shape index (κ2) is 11.0. The van der Waals surface area contributed by atoms with Crippen molar-refractivity contribution < 1.29 is 4.79 Å². The Balaban J connectivity index is 1.53. The summed E-state index contributed by atoms with van der Waals surface area (Å²) in [6, 6.07) is 6.82. The summed E-state index contributed by atoms with van der Waals surface area (Å²) in [6.45, 7) is 14.2. The first kappa shape index (κ1) is 29.0. The van der Waals surface area contributed by atoms with Crippen molar-refractivity contribution in [2.75, 3.05) is 11.9 Å². The highest BCUT2D eigenvalue weighted by molar-refractivity contribution is 6.30. The summed E-state index contributed by atoms with van der Waals surface area (Å²) < 4.78 is 1.54. The predicted molar refractivity (Wildman–Crippen MR) is 166 cm³/mol. The number of carbonyl (C=O) groups is 1. The highest BCUT2D eigenvalue weighted by Crippen LogP contribution is 2.45. The maximum absolute atomic E-state index is 13.9. The molecule has 0 unspecified atom stereocenters. The number of nitrogens with zero attached hydrogens (tertiary/aromatic N) is 3. The lowest BCUT2D eigenvalue weighted by Crippen LogP contribution is -2.49. The molecule has 0 spiro atoms. The number of hydrogen-bond donors (Lipinski definition) is 1. The number of halogens is 1. The number of terminal acetylenes is 1.